The molecule has 0 atom stereocenters. The predicted molar refractivity (Wildman–Crippen MR) is 97.5 cm³/mol. The van der Waals surface area contributed by atoms with Gasteiger partial charge >= 0.3 is 5.97 Å². The second-order valence-electron chi connectivity index (χ2n) is 6.91. The molecule has 0 amide bonds. The summed E-state index contributed by atoms with van der Waals surface area (Å²) in [5.74, 6) is 0.464. The molecule has 0 saturated heterocycles. The fourth-order valence-corrected chi connectivity index (χ4v) is 3.47. The monoisotopic (exact) mass is 343 g/mol. The SMILES string of the molecule is CCCCC[C@]1(C#N)CC[C@H](OC(=O)c2ccc(OCC)cc2)CC1. The summed E-state index contributed by atoms with van der Waals surface area (Å²) in [6.45, 7) is 4.70. The van der Waals surface area contributed by atoms with Gasteiger partial charge in [0.25, 0.3) is 0 Å². The molecule has 0 bridgehead atoms. The summed E-state index contributed by atoms with van der Waals surface area (Å²) in [6.07, 6.45) is 7.57. The topological polar surface area (TPSA) is 59.3 Å². The summed E-state index contributed by atoms with van der Waals surface area (Å²) in [7, 11) is 0. The Morgan fingerprint density at radius 3 is 2.44 bits per heavy atom. The van der Waals surface area contributed by atoms with E-state index in [1.54, 1.807) is 24.3 Å². The number of hydrogen-bond acceptors (Lipinski definition) is 4. The average molecular weight is 343 g/mol. The zero-order valence-corrected chi connectivity index (χ0v) is 15.4. The number of nitrogens with zero attached hydrogens (tertiary/aromatic N) is 1. The first-order valence-electron chi connectivity index (χ1n) is 9.47. The maximum atomic E-state index is 12.3. The highest BCUT2D eigenvalue weighted by atomic mass is 16.5. The number of ether oxygens (including phenoxy) is 2. The Morgan fingerprint density at radius 2 is 1.88 bits per heavy atom. The molecule has 2 rings (SSSR count). The fourth-order valence-electron chi connectivity index (χ4n) is 3.47. The number of unbranched alkanes of at least 4 members (excludes halogenated alkanes) is 2. The fraction of sp³-hybridized carbons (Fsp3) is 0.619. The van der Waals surface area contributed by atoms with Crippen LogP contribution in [0.1, 0.15) is 75.6 Å². The average Bonchev–Trinajstić information content (AvgIpc) is 2.64. The van der Waals surface area contributed by atoms with E-state index in [4.69, 9.17) is 9.47 Å². The van der Waals surface area contributed by atoms with Gasteiger partial charge in [-0.05, 0) is 63.3 Å². The van der Waals surface area contributed by atoms with Crippen LogP contribution < -0.4 is 4.74 Å². The van der Waals surface area contributed by atoms with Crippen LogP contribution in [-0.2, 0) is 4.74 Å². The van der Waals surface area contributed by atoms with Crippen molar-refractivity contribution in [2.45, 2.75) is 71.3 Å². The molecule has 0 aliphatic heterocycles. The van der Waals surface area contributed by atoms with Crippen LogP contribution in [0.25, 0.3) is 0 Å². The lowest BCUT2D eigenvalue weighted by molar-refractivity contribution is 0.0105. The molecule has 0 unspecified atom stereocenters. The number of rotatable bonds is 8. The summed E-state index contributed by atoms with van der Waals surface area (Å²) < 4.78 is 11.0. The lowest BCUT2D eigenvalue weighted by Gasteiger charge is -2.34. The number of esters is 1. The van der Waals surface area contributed by atoms with Crippen LogP contribution in [0.4, 0.5) is 0 Å². The summed E-state index contributed by atoms with van der Waals surface area (Å²) in [5, 5.41) is 9.59. The highest BCUT2D eigenvalue weighted by Crippen LogP contribution is 2.41. The molecule has 0 heterocycles. The van der Waals surface area contributed by atoms with Crippen LogP contribution in [0.3, 0.4) is 0 Å². The first-order chi connectivity index (χ1) is 12.1. The van der Waals surface area contributed by atoms with Crippen LogP contribution in [0, 0.1) is 16.7 Å². The van der Waals surface area contributed by atoms with E-state index in [-0.39, 0.29) is 17.5 Å². The summed E-state index contributed by atoms with van der Waals surface area (Å²) >= 11 is 0. The highest BCUT2D eigenvalue weighted by Gasteiger charge is 2.36. The molecule has 136 valence electrons. The van der Waals surface area contributed by atoms with Gasteiger partial charge in [0.15, 0.2) is 0 Å². The molecule has 1 aliphatic rings. The molecule has 1 saturated carbocycles. The number of carbonyl (C=O) groups is 1. The van der Waals surface area contributed by atoms with Crippen LogP contribution in [-0.4, -0.2) is 18.7 Å². The minimum Gasteiger partial charge on any atom is -0.494 e. The molecular weight excluding hydrogens is 314 g/mol. The third kappa shape index (κ3) is 5.49. The molecule has 4 nitrogen and oxygen atoms in total. The molecule has 4 heteroatoms. The maximum absolute atomic E-state index is 12.3. The first-order valence-corrected chi connectivity index (χ1v) is 9.47. The largest absolute Gasteiger partial charge is 0.494 e. The van der Waals surface area contributed by atoms with Gasteiger partial charge in [0.05, 0.1) is 23.7 Å². The molecule has 1 aromatic carbocycles. The van der Waals surface area contributed by atoms with Gasteiger partial charge in [-0.15, -0.1) is 0 Å². The minimum atomic E-state index is -0.288. The van der Waals surface area contributed by atoms with E-state index in [1.807, 2.05) is 6.92 Å². The maximum Gasteiger partial charge on any atom is 0.338 e. The van der Waals surface area contributed by atoms with E-state index in [0.717, 1.165) is 44.3 Å². The van der Waals surface area contributed by atoms with E-state index in [1.165, 1.54) is 12.8 Å². The van der Waals surface area contributed by atoms with Crippen LogP contribution >= 0.6 is 0 Å². The molecule has 0 spiro atoms. The molecule has 25 heavy (non-hydrogen) atoms. The molecule has 0 aromatic heterocycles. The number of benzene rings is 1. The Labute approximate surface area is 151 Å². The van der Waals surface area contributed by atoms with E-state index >= 15 is 0 Å². The first kappa shape index (κ1) is 19.3. The zero-order valence-electron chi connectivity index (χ0n) is 15.4. The van der Waals surface area contributed by atoms with Gasteiger partial charge < -0.3 is 9.47 Å². The Hall–Kier alpha value is -2.02. The van der Waals surface area contributed by atoms with Crippen molar-refractivity contribution < 1.29 is 14.3 Å². The second-order valence-corrected chi connectivity index (χ2v) is 6.91. The molecule has 1 aromatic rings. The highest BCUT2D eigenvalue weighted by molar-refractivity contribution is 5.89. The van der Waals surface area contributed by atoms with Crippen LogP contribution in [0.15, 0.2) is 24.3 Å². The van der Waals surface area contributed by atoms with Gasteiger partial charge in [-0.3, -0.25) is 0 Å². The zero-order chi connectivity index (χ0) is 18.1. The van der Waals surface area contributed by atoms with Gasteiger partial charge in [0, 0.05) is 0 Å². The van der Waals surface area contributed by atoms with Gasteiger partial charge in [0.1, 0.15) is 11.9 Å². The van der Waals surface area contributed by atoms with E-state index in [2.05, 4.69) is 13.0 Å². The summed E-state index contributed by atoms with van der Waals surface area (Å²) in [4.78, 5) is 12.3. The number of nitriles is 1. The van der Waals surface area contributed by atoms with Crippen molar-refractivity contribution in [2.24, 2.45) is 5.41 Å². The third-order valence-corrected chi connectivity index (χ3v) is 5.06. The van der Waals surface area contributed by atoms with Crippen molar-refractivity contribution in [1.82, 2.24) is 0 Å². The second kappa shape index (κ2) is 9.46. The van der Waals surface area contributed by atoms with Crippen molar-refractivity contribution in [3.8, 4) is 11.8 Å². The summed E-state index contributed by atoms with van der Waals surface area (Å²) in [5.41, 5.74) is 0.334. The Balaban J connectivity index is 1.84. The van der Waals surface area contributed by atoms with E-state index in [9.17, 15) is 10.1 Å². The van der Waals surface area contributed by atoms with Crippen LogP contribution in [0.5, 0.6) is 5.75 Å². The van der Waals surface area contributed by atoms with Gasteiger partial charge in [-0.2, -0.15) is 5.26 Å². The van der Waals surface area contributed by atoms with Crippen molar-refractivity contribution in [2.75, 3.05) is 6.61 Å². The Kier molecular flexibility index (Phi) is 7.31. The van der Waals surface area contributed by atoms with Gasteiger partial charge in [-0.25, -0.2) is 4.79 Å². The number of carbonyl (C=O) groups excluding carboxylic acids is 1. The Morgan fingerprint density at radius 1 is 1.20 bits per heavy atom. The summed E-state index contributed by atoms with van der Waals surface area (Å²) in [6, 6.07) is 9.59. The lowest BCUT2D eigenvalue weighted by Crippen LogP contribution is -2.31. The predicted octanol–water partition coefficient (Wildman–Crippen LogP) is 5.27. The quantitative estimate of drug-likeness (QED) is 0.476. The third-order valence-electron chi connectivity index (χ3n) is 5.06. The normalized spacial score (nSPS) is 22.8. The molecular formula is C21H29NO3. The van der Waals surface area contributed by atoms with Crippen molar-refractivity contribution in [3.63, 3.8) is 0 Å². The molecule has 1 fully saturated rings. The minimum absolute atomic E-state index is 0.0771. The van der Waals surface area contributed by atoms with E-state index in [0.29, 0.717) is 12.2 Å². The van der Waals surface area contributed by atoms with Crippen molar-refractivity contribution in [1.29, 1.82) is 5.26 Å². The molecule has 0 radical (unpaired) electrons. The molecule has 1 aliphatic carbocycles. The number of hydrogen-bond donors (Lipinski definition) is 0. The van der Waals surface area contributed by atoms with Gasteiger partial charge in [0.2, 0.25) is 0 Å². The molecule has 0 N–H and O–H groups in total. The van der Waals surface area contributed by atoms with Crippen LogP contribution in [0.2, 0.25) is 0 Å². The van der Waals surface area contributed by atoms with Crippen molar-refractivity contribution >= 4 is 5.97 Å². The van der Waals surface area contributed by atoms with Crippen molar-refractivity contribution in [3.05, 3.63) is 29.8 Å². The Bertz CT molecular complexity index is 580. The van der Waals surface area contributed by atoms with E-state index < -0.39 is 0 Å². The van der Waals surface area contributed by atoms with Gasteiger partial charge in [-0.1, -0.05) is 26.2 Å². The smallest absolute Gasteiger partial charge is 0.338 e. The standard InChI is InChI=1S/C21H29NO3/c1-3-5-6-13-21(16-22)14-11-19(12-15-21)25-20(23)17-7-9-18(10-8-17)24-4-2/h7-10,19H,3-6,11-15H2,1-2H3/t19-,21-. The lowest BCUT2D eigenvalue weighted by atomic mass is 9.71.